The Bertz CT molecular complexity index is 400. The average molecular weight is 240 g/mol. The number of hydrogen-bond acceptors (Lipinski definition) is 4. The van der Waals surface area contributed by atoms with Gasteiger partial charge in [-0.25, -0.2) is 0 Å². The summed E-state index contributed by atoms with van der Waals surface area (Å²) in [6.45, 7) is 3.77. The zero-order valence-electron chi connectivity index (χ0n) is 10.5. The number of aliphatic hydroxyl groups excluding tert-OH is 1. The predicted molar refractivity (Wildman–Crippen MR) is 65.6 cm³/mol. The summed E-state index contributed by atoms with van der Waals surface area (Å²) in [6, 6.07) is -0.0397. The van der Waals surface area contributed by atoms with Crippen LogP contribution < -0.4 is 11.1 Å². The number of aryl methyl sites for hydroxylation is 2. The van der Waals surface area contributed by atoms with Gasteiger partial charge in [0.05, 0.1) is 11.4 Å². The zero-order chi connectivity index (χ0) is 13.0. The van der Waals surface area contributed by atoms with Crippen molar-refractivity contribution < 1.29 is 9.90 Å². The standard InChI is InChI=1S/C11H20N4O2/c1-4-8(5-6-16)13-11(17)10-9(12)7(2)14-15(10)3/h8,16H,4-6,12H2,1-3H3,(H,13,17). The minimum atomic E-state index is -0.245. The van der Waals surface area contributed by atoms with Crippen LogP contribution in [0.2, 0.25) is 0 Å². The molecule has 0 radical (unpaired) electrons. The molecule has 96 valence electrons. The molecule has 17 heavy (non-hydrogen) atoms. The lowest BCUT2D eigenvalue weighted by molar-refractivity contribution is 0.0920. The summed E-state index contributed by atoms with van der Waals surface area (Å²) >= 11 is 0. The second-order valence-corrected chi connectivity index (χ2v) is 4.06. The number of carbonyl (C=O) groups excluding carboxylic acids is 1. The molecule has 4 N–H and O–H groups in total. The van der Waals surface area contributed by atoms with Crippen molar-refractivity contribution in [1.82, 2.24) is 15.1 Å². The number of carbonyl (C=O) groups is 1. The van der Waals surface area contributed by atoms with Gasteiger partial charge in [-0.05, 0) is 19.8 Å². The Morgan fingerprint density at radius 3 is 2.71 bits per heavy atom. The van der Waals surface area contributed by atoms with Crippen molar-refractivity contribution >= 4 is 11.6 Å². The van der Waals surface area contributed by atoms with Crippen molar-refractivity contribution in [3.05, 3.63) is 11.4 Å². The minimum absolute atomic E-state index is 0.0397. The Morgan fingerprint density at radius 2 is 2.29 bits per heavy atom. The lowest BCUT2D eigenvalue weighted by Gasteiger charge is -2.15. The van der Waals surface area contributed by atoms with Gasteiger partial charge in [-0.15, -0.1) is 0 Å². The van der Waals surface area contributed by atoms with E-state index in [2.05, 4.69) is 10.4 Å². The van der Waals surface area contributed by atoms with Crippen molar-refractivity contribution in [3.8, 4) is 0 Å². The lowest BCUT2D eigenvalue weighted by Crippen LogP contribution is -2.36. The van der Waals surface area contributed by atoms with Gasteiger partial charge in [0, 0.05) is 19.7 Å². The highest BCUT2D eigenvalue weighted by Crippen LogP contribution is 2.15. The number of nitrogens with one attached hydrogen (secondary N) is 1. The van der Waals surface area contributed by atoms with E-state index >= 15 is 0 Å². The molecule has 0 saturated heterocycles. The molecule has 6 heteroatoms. The second kappa shape index (κ2) is 5.67. The van der Waals surface area contributed by atoms with Gasteiger partial charge in [-0.1, -0.05) is 6.92 Å². The number of hydrogen-bond donors (Lipinski definition) is 3. The van der Waals surface area contributed by atoms with Crippen molar-refractivity contribution in [3.63, 3.8) is 0 Å². The van der Waals surface area contributed by atoms with Crippen LogP contribution in [0.1, 0.15) is 35.9 Å². The maximum absolute atomic E-state index is 12.0. The lowest BCUT2D eigenvalue weighted by atomic mass is 10.1. The van der Waals surface area contributed by atoms with Gasteiger partial charge in [0.2, 0.25) is 0 Å². The Hall–Kier alpha value is -1.56. The van der Waals surface area contributed by atoms with E-state index < -0.39 is 0 Å². The number of anilines is 1. The average Bonchev–Trinajstić information content (AvgIpc) is 2.52. The van der Waals surface area contributed by atoms with E-state index in [1.807, 2.05) is 6.92 Å². The van der Waals surface area contributed by atoms with E-state index in [4.69, 9.17) is 10.8 Å². The monoisotopic (exact) mass is 240 g/mol. The second-order valence-electron chi connectivity index (χ2n) is 4.06. The molecule has 1 unspecified atom stereocenters. The number of nitrogen functional groups attached to an aromatic ring is 1. The quantitative estimate of drug-likeness (QED) is 0.685. The van der Waals surface area contributed by atoms with Gasteiger partial charge >= 0.3 is 0 Å². The molecule has 0 aliphatic heterocycles. The third kappa shape index (κ3) is 2.97. The van der Waals surface area contributed by atoms with Crippen LogP contribution in [0.5, 0.6) is 0 Å². The first kappa shape index (κ1) is 13.5. The van der Waals surface area contributed by atoms with E-state index in [1.165, 1.54) is 4.68 Å². The number of aliphatic hydroxyl groups is 1. The van der Waals surface area contributed by atoms with Gasteiger partial charge in [0.15, 0.2) is 0 Å². The summed E-state index contributed by atoms with van der Waals surface area (Å²) in [7, 11) is 1.69. The van der Waals surface area contributed by atoms with Crippen molar-refractivity contribution in [2.24, 2.45) is 7.05 Å². The van der Waals surface area contributed by atoms with Gasteiger partial charge in [0.25, 0.3) is 5.91 Å². The Morgan fingerprint density at radius 1 is 1.65 bits per heavy atom. The molecule has 6 nitrogen and oxygen atoms in total. The van der Waals surface area contributed by atoms with E-state index in [-0.39, 0.29) is 18.6 Å². The van der Waals surface area contributed by atoms with Crippen molar-refractivity contribution in [2.45, 2.75) is 32.7 Å². The van der Waals surface area contributed by atoms with Crippen LogP contribution in [0.15, 0.2) is 0 Å². The molecule has 0 aliphatic carbocycles. The molecule has 1 aromatic heterocycles. The molecule has 1 atom stereocenters. The largest absolute Gasteiger partial charge is 0.396 e. The highest BCUT2D eigenvalue weighted by molar-refractivity contribution is 5.98. The van der Waals surface area contributed by atoms with Gasteiger partial charge in [0.1, 0.15) is 5.69 Å². The third-order valence-electron chi connectivity index (χ3n) is 2.79. The number of nitrogens with two attached hydrogens (primary N) is 1. The Labute approximate surface area is 101 Å². The summed E-state index contributed by atoms with van der Waals surface area (Å²) in [5.41, 5.74) is 7.23. The number of aromatic nitrogens is 2. The van der Waals surface area contributed by atoms with Crippen LogP contribution in [-0.2, 0) is 7.05 Å². The summed E-state index contributed by atoms with van der Waals surface area (Å²) in [6.07, 6.45) is 1.31. The van der Waals surface area contributed by atoms with Crippen LogP contribution in [-0.4, -0.2) is 33.4 Å². The molecule has 0 aliphatic rings. The molecule has 0 spiro atoms. The highest BCUT2D eigenvalue weighted by atomic mass is 16.3. The summed E-state index contributed by atoms with van der Waals surface area (Å²) in [5, 5.41) is 15.8. The molecule has 0 aromatic carbocycles. The molecule has 0 fully saturated rings. The van der Waals surface area contributed by atoms with E-state index in [1.54, 1.807) is 14.0 Å². The Kier molecular flexibility index (Phi) is 4.51. The summed E-state index contributed by atoms with van der Waals surface area (Å²) < 4.78 is 1.48. The smallest absolute Gasteiger partial charge is 0.271 e. The summed E-state index contributed by atoms with van der Waals surface area (Å²) in [4.78, 5) is 12.0. The van der Waals surface area contributed by atoms with Gasteiger partial charge in [-0.3, -0.25) is 9.48 Å². The first-order chi connectivity index (χ1) is 8.01. The Balaban J connectivity index is 2.82. The van der Waals surface area contributed by atoms with Crippen LogP contribution in [0, 0.1) is 6.92 Å². The first-order valence-electron chi connectivity index (χ1n) is 5.72. The topological polar surface area (TPSA) is 93.2 Å². The predicted octanol–water partition coefficient (Wildman–Crippen LogP) is 0.202. The fraction of sp³-hybridized carbons (Fsp3) is 0.636. The van der Waals surface area contributed by atoms with Crippen LogP contribution >= 0.6 is 0 Å². The van der Waals surface area contributed by atoms with E-state index in [9.17, 15) is 4.79 Å². The molecule has 0 saturated carbocycles. The fourth-order valence-corrected chi connectivity index (χ4v) is 1.73. The van der Waals surface area contributed by atoms with Crippen molar-refractivity contribution in [1.29, 1.82) is 0 Å². The van der Waals surface area contributed by atoms with E-state index in [0.717, 1.165) is 6.42 Å². The maximum atomic E-state index is 12.0. The van der Waals surface area contributed by atoms with Gasteiger partial charge in [-0.2, -0.15) is 5.10 Å². The SMILES string of the molecule is CCC(CCO)NC(=O)c1c(N)c(C)nn1C. The van der Waals surface area contributed by atoms with E-state index in [0.29, 0.717) is 23.5 Å². The first-order valence-corrected chi connectivity index (χ1v) is 5.72. The highest BCUT2D eigenvalue weighted by Gasteiger charge is 2.19. The maximum Gasteiger partial charge on any atom is 0.271 e. The molecular formula is C11H20N4O2. The molecule has 1 aromatic rings. The zero-order valence-corrected chi connectivity index (χ0v) is 10.5. The van der Waals surface area contributed by atoms with Crippen molar-refractivity contribution in [2.75, 3.05) is 12.3 Å². The third-order valence-corrected chi connectivity index (χ3v) is 2.79. The summed E-state index contributed by atoms with van der Waals surface area (Å²) in [5.74, 6) is -0.245. The minimum Gasteiger partial charge on any atom is -0.396 e. The molecule has 0 bridgehead atoms. The fourth-order valence-electron chi connectivity index (χ4n) is 1.73. The normalized spacial score (nSPS) is 12.5. The molecule has 1 rings (SSSR count). The molecular weight excluding hydrogens is 220 g/mol. The molecule has 1 amide bonds. The van der Waals surface area contributed by atoms with Crippen LogP contribution in [0.4, 0.5) is 5.69 Å². The van der Waals surface area contributed by atoms with Crippen LogP contribution in [0.3, 0.4) is 0 Å². The number of rotatable bonds is 5. The van der Waals surface area contributed by atoms with Gasteiger partial charge < -0.3 is 16.2 Å². The number of amides is 1. The molecule has 1 heterocycles. The van der Waals surface area contributed by atoms with Crippen LogP contribution in [0.25, 0.3) is 0 Å². The number of nitrogens with zero attached hydrogens (tertiary/aromatic N) is 2.